The minimum absolute atomic E-state index is 0.605. The number of hydrogen-bond donors (Lipinski definition) is 1. The zero-order valence-corrected chi connectivity index (χ0v) is 11.4. The van der Waals surface area contributed by atoms with Gasteiger partial charge in [-0.25, -0.2) is 0 Å². The van der Waals surface area contributed by atoms with E-state index < -0.39 is 0 Å². The molecule has 1 saturated heterocycles. The Labute approximate surface area is 111 Å². The molecule has 2 heteroatoms. The van der Waals surface area contributed by atoms with E-state index in [9.17, 15) is 0 Å². The molecule has 100 valence electrons. The summed E-state index contributed by atoms with van der Waals surface area (Å²) in [6.07, 6.45) is 4.83. The lowest BCUT2D eigenvalue weighted by atomic mass is 9.99. The lowest BCUT2D eigenvalue weighted by molar-refractivity contribution is 0.0655. The van der Waals surface area contributed by atoms with Crippen LogP contribution in [-0.4, -0.2) is 25.8 Å². The van der Waals surface area contributed by atoms with Crippen LogP contribution in [0.2, 0.25) is 0 Å². The van der Waals surface area contributed by atoms with Crippen LogP contribution >= 0.6 is 0 Å². The van der Waals surface area contributed by atoms with Gasteiger partial charge in [-0.05, 0) is 50.6 Å². The summed E-state index contributed by atoms with van der Waals surface area (Å²) >= 11 is 0. The van der Waals surface area contributed by atoms with E-state index in [1.807, 2.05) is 0 Å². The zero-order valence-electron chi connectivity index (χ0n) is 11.4. The van der Waals surface area contributed by atoms with Gasteiger partial charge in [-0.1, -0.05) is 30.3 Å². The molecule has 0 radical (unpaired) electrons. The maximum Gasteiger partial charge on any atom is 0.0469 e. The number of aryl methyl sites for hydroxylation is 1. The summed E-state index contributed by atoms with van der Waals surface area (Å²) in [6.45, 7) is 5.34. The van der Waals surface area contributed by atoms with Gasteiger partial charge in [-0.3, -0.25) is 0 Å². The number of nitrogens with one attached hydrogen (secondary N) is 1. The van der Waals surface area contributed by atoms with Crippen molar-refractivity contribution in [3.63, 3.8) is 0 Å². The van der Waals surface area contributed by atoms with Crippen LogP contribution in [0.15, 0.2) is 30.3 Å². The van der Waals surface area contributed by atoms with E-state index in [2.05, 4.69) is 42.6 Å². The van der Waals surface area contributed by atoms with E-state index >= 15 is 0 Å². The number of benzene rings is 1. The standard InChI is InChI=1S/C16H25NO/c1-14(7-8-15-5-3-2-4-6-15)17-13-16-9-11-18-12-10-16/h2-6,14,16-17H,7-13H2,1H3. The third-order valence-corrected chi connectivity index (χ3v) is 3.80. The monoisotopic (exact) mass is 247 g/mol. The summed E-state index contributed by atoms with van der Waals surface area (Å²) in [4.78, 5) is 0. The predicted octanol–water partition coefficient (Wildman–Crippen LogP) is 3.02. The fraction of sp³-hybridized carbons (Fsp3) is 0.625. The summed E-state index contributed by atoms with van der Waals surface area (Å²) in [7, 11) is 0. The van der Waals surface area contributed by atoms with Gasteiger partial charge in [-0.15, -0.1) is 0 Å². The van der Waals surface area contributed by atoms with Gasteiger partial charge in [0.2, 0.25) is 0 Å². The van der Waals surface area contributed by atoms with Crippen LogP contribution in [0.3, 0.4) is 0 Å². The van der Waals surface area contributed by atoms with Crippen LogP contribution < -0.4 is 5.32 Å². The zero-order chi connectivity index (χ0) is 12.6. The molecule has 0 aliphatic carbocycles. The van der Waals surface area contributed by atoms with Gasteiger partial charge in [0, 0.05) is 19.3 Å². The first kappa shape index (κ1) is 13.6. The average Bonchev–Trinajstić information content (AvgIpc) is 2.45. The molecular formula is C16H25NO. The summed E-state index contributed by atoms with van der Waals surface area (Å²) in [6, 6.07) is 11.4. The molecule has 1 N–H and O–H groups in total. The van der Waals surface area contributed by atoms with Crippen LogP contribution in [0.25, 0.3) is 0 Å². The minimum Gasteiger partial charge on any atom is -0.381 e. The third kappa shape index (κ3) is 4.79. The predicted molar refractivity (Wildman–Crippen MR) is 75.8 cm³/mol. The van der Waals surface area contributed by atoms with E-state index in [1.165, 1.54) is 31.2 Å². The molecular weight excluding hydrogens is 222 g/mol. The summed E-state index contributed by atoms with van der Waals surface area (Å²) in [5.74, 6) is 0.818. The molecule has 0 aromatic heterocycles. The summed E-state index contributed by atoms with van der Waals surface area (Å²) in [5.41, 5.74) is 1.44. The Morgan fingerprint density at radius 1 is 1.22 bits per heavy atom. The minimum atomic E-state index is 0.605. The van der Waals surface area contributed by atoms with Gasteiger partial charge in [0.1, 0.15) is 0 Å². The number of rotatable bonds is 6. The van der Waals surface area contributed by atoms with Crippen molar-refractivity contribution in [3.05, 3.63) is 35.9 Å². The highest BCUT2D eigenvalue weighted by Crippen LogP contribution is 2.14. The quantitative estimate of drug-likeness (QED) is 0.834. The lowest BCUT2D eigenvalue weighted by Crippen LogP contribution is -2.33. The largest absolute Gasteiger partial charge is 0.381 e. The van der Waals surface area contributed by atoms with Crippen LogP contribution in [0.4, 0.5) is 0 Å². The smallest absolute Gasteiger partial charge is 0.0469 e. The molecule has 0 saturated carbocycles. The van der Waals surface area contributed by atoms with Crippen LogP contribution in [0.1, 0.15) is 31.7 Å². The van der Waals surface area contributed by atoms with Gasteiger partial charge in [0.25, 0.3) is 0 Å². The molecule has 0 bridgehead atoms. The topological polar surface area (TPSA) is 21.3 Å². The Morgan fingerprint density at radius 3 is 2.67 bits per heavy atom. The molecule has 0 spiro atoms. The molecule has 2 nitrogen and oxygen atoms in total. The Balaban J connectivity index is 1.61. The molecule has 0 amide bonds. The SMILES string of the molecule is CC(CCc1ccccc1)NCC1CCOCC1. The summed E-state index contributed by atoms with van der Waals surface area (Å²) < 4.78 is 5.38. The highest BCUT2D eigenvalue weighted by molar-refractivity contribution is 5.14. The first-order chi connectivity index (χ1) is 8.84. The van der Waals surface area contributed by atoms with E-state index in [4.69, 9.17) is 4.74 Å². The first-order valence-corrected chi connectivity index (χ1v) is 7.19. The van der Waals surface area contributed by atoms with Crippen molar-refractivity contribution in [1.29, 1.82) is 0 Å². The molecule has 1 heterocycles. The van der Waals surface area contributed by atoms with Gasteiger partial charge >= 0.3 is 0 Å². The van der Waals surface area contributed by atoms with Crippen molar-refractivity contribution in [1.82, 2.24) is 5.32 Å². The first-order valence-electron chi connectivity index (χ1n) is 7.19. The second-order valence-corrected chi connectivity index (χ2v) is 5.39. The fourth-order valence-electron chi connectivity index (χ4n) is 2.45. The molecule has 1 aromatic carbocycles. The Kier molecular flexibility index (Phi) is 5.69. The average molecular weight is 247 g/mol. The van der Waals surface area contributed by atoms with E-state index in [0.717, 1.165) is 25.7 Å². The highest BCUT2D eigenvalue weighted by atomic mass is 16.5. The molecule has 1 aliphatic heterocycles. The molecule has 2 rings (SSSR count). The molecule has 1 aliphatic rings. The van der Waals surface area contributed by atoms with E-state index in [0.29, 0.717) is 6.04 Å². The Bertz CT molecular complexity index is 319. The van der Waals surface area contributed by atoms with Gasteiger partial charge in [-0.2, -0.15) is 0 Å². The van der Waals surface area contributed by atoms with Crippen molar-refractivity contribution in [2.24, 2.45) is 5.92 Å². The van der Waals surface area contributed by atoms with Crippen molar-refractivity contribution < 1.29 is 4.74 Å². The molecule has 1 unspecified atom stereocenters. The maximum atomic E-state index is 5.38. The van der Waals surface area contributed by atoms with Gasteiger partial charge < -0.3 is 10.1 Å². The van der Waals surface area contributed by atoms with Gasteiger partial charge in [0.05, 0.1) is 0 Å². The van der Waals surface area contributed by atoms with Crippen LogP contribution in [0.5, 0.6) is 0 Å². The van der Waals surface area contributed by atoms with Gasteiger partial charge in [0.15, 0.2) is 0 Å². The van der Waals surface area contributed by atoms with E-state index in [-0.39, 0.29) is 0 Å². The van der Waals surface area contributed by atoms with Crippen molar-refractivity contribution in [2.45, 2.75) is 38.6 Å². The fourth-order valence-corrected chi connectivity index (χ4v) is 2.45. The second-order valence-electron chi connectivity index (χ2n) is 5.39. The number of ether oxygens (including phenoxy) is 1. The molecule has 1 fully saturated rings. The maximum absolute atomic E-state index is 5.38. The lowest BCUT2D eigenvalue weighted by Gasteiger charge is -2.24. The van der Waals surface area contributed by atoms with E-state index in [1.54, 1.807) is 0 Å². The van der Waals surface area contributed by atoms with Crippen molar-refractivity contribution >= 4 is 0 Å². The molecule has 1 aromatic rings. The molecule has 1 atom stereocenters. The Hall–Kier alpha value is -0.860. The number of hydrogen-bond acceptors (Lipinski definition) is 2. The van der Waals surface area contributed by atoms with Crippen molar-refractivity contribution in [2.75, 3.05) is 19.8 Å². The normalized spacial score (nSPS) is 18.7. The second kappa shape index (κ2) is 7.55. The molecule has 18 heavy (non-hydrogen) atoms. The van der Waals surface area contributed by atoms with Crippen molar-refractivity contribution in [3.8, 4) is 0 Å². The summed E-state index contributed by atoms with van der Waals surface area (Å²) in [5, 5.41) is 3.67. The Morgan fingerprint density at radius 2 is 1.94 bits per heavy atom. The third-order valence-electron chi connectivity index (χ3n) is 3.80. The highest BCUT2D eigenvalue weighted by Gasteiger charge is 2.14. The van der Waals surface area contributed by atoms with Crippen LogP contribution in [-0.2, 0) is 11.2 Å². The van der Waals surface area contributed by atoms with Crippen LogP contribution in [0, 0.1) is 5.92 Å².